The number of hydrogen-bond donors (Lipinski definition) is 0. The van der Waals surface area contributed by atoms with Gasteiger partial charge in [0.15, 0.2) is 0 Å². The van der Waals surface area contributed by atoms with Crippen LogP contribution in [0.1, 0.15) is 30.5 Å². The van der Waals surface area contributed by atoms with E-state index in [9.17, 15) is 19.6 Å². The first-order chi connectivity index (χ1) is 15.8. The summed E-state index contributed by atoms with van der Waals surface area (Å²) in [4.78, 5) is 38.2. The Kier molecular flexibility index (Phi) is 8.35. The first kappa shape index (κ1) is 25.0. The Hall–Kier alpha value is -2.61. The number of carbonyl (C=O) groups excluding carboxylic acids is 3. The lowest BCUT2D eigenvalue weighted by molar-refractivity contribution is -0.150. The number of halogens is 2. The molecule has 1 fully saturated rings. The molecule has 1 aliphatic heterocycles. The Morgan fingerprint density at radius 1 is 1.24 bits per heavy atom. The van der Waals surface area contributed by atoms with E-state index in [1.807, 2.05) is 12.1 Å². The molecular formula is C23H18Br2N2O5S. The predicted octanol–water partition coefficient (Wildman–Crippen LogP) is 5.65. The third kappa shape index (κ3) is 5.66. The molecule has 1 saturated heterocycles. The van der Waals surface area contributed by atoms with Crippen LogP contribution in [0.5, 0.6) is 5.75 Å². The van der Waals surface area contributed by atoms with Crippen molar-refractivity contribution < 1.29 is 23.9 Å². The summed E-state index contributed by atoms with van der Waals surface area (Å²) in [5.74, 6) is -0.652. The number of ether oxygens (including phenoxy) is 2. The molecule has 0 aromatic heterocycles. The van der Waals surface area contributed by atoms with E-state index in [1.165, 1.54) is 6.92 Å². The third-order valence-electron chi connectivity index (χ3n) is 4.67. The van der Waals surface area contributed by atoms with Crippen LogP contribution in [0, 0.1) is 11.3 Å². The van der Waals surface area contributed by atoms with Gasteiger partial charge in [0.1, 0.15) is 18.4 Å². The molecule has 2 aromatic carbocycles. The number of nitrogens with zero attached hydrogens (tertiary/aromatic N) is 2. The van der Waals surface area contributed by atoms with E-state index < -0.39 is 23.2 Å². The van der Waals surface area contributed by atoms with Gasteiger partial charge in [-0.3, -0.25) is 14.5 Å². The maximum atomic E-state index is 12.8. The highest BCUT2D eigenvalue weighted by molar-refractivity contribution is 9.11. The minimum Gasteiger partial charge on any atom is -0.486 e. The lowest BCUT2D eigenvalue weighted by atomic mass is 10.1. The van der Waals surface area contributed by atoms with Crippen LogP contribution >= 0.6 is 43.6 Å². The largest absolute Gasteiger partial charge is 0.486 e. The normalized spacial score (nSPS) is 15.5. The molecule has 2 amide bonds. The van der Waals surface area contributed by atoms with E-state index in [1.54, 1.807) is 37.3 Å². The van der Waals surface area contributed by atoms with Gasteiger partial charge < -0.3 is 9.47 Å². The molecule has 0 unspecified atom stereocenters. The van der Waals surface area contributed by atoms with E-state index in [4.69, 9.17) is 9.47 Å². The summed E-state index contributed by atoms with van der Waals surface area (Å²) in [6, 6.07) is 11.8. The molecule has 10 heteroatoms. The van der Waals surface area contributed by atoms with Crippen molar-refractivity contribution in [2.75, 3.05) is 6.61 Å². The number of hydrogen-bond acceptors (Lipinski definition) is 7. The summed E-state index contributed by atoms with van der Waals surface area (Å²) in [6.45, 7) is 3.48. The van der Waals surface area contributed by atoms with Gasteiger partial charge in [-0.25, -0.2) is 4.79 Å². The number of rotatable bonds is 7. The summed E-state index contributed by atoms with van der Waals surface area (Å²) in [6.07, 6.45) is 1.58. The molecular weight excluding hydrogens is 576 g/mol. The van der Waals surface area contributed by atoms with E-state index in [2.05, 4.69) is 37.9 Å². The van der Waals surface area contributed by atoms with Crippen molar-refractivity contribution >= 4 is 66.8 Å². The molecule has 0 bridgehead atoms. The minimum atomic E-state index is -1.01. The zero-order chi connectivity index (χ0) is 24.1. The highest BCUT2D eigenvalue weighted by atomic mass is 79.9. The molecule has 3 rings (SSSR count). The van der Waals surface area contributed by atoms with Crippen LogP contribution in [0.25, 0.3) is 6.08 Å². The molecule has 0 radical (unpaired) electrons. The minimum absolute atomic E-state index is 0.161. The average molecular weight is 594 g/mol. The summed E-state index contributed by atoms with van der Waals surface area (Å²) in [5.41, 5.74) is 1.94. The standard InChI is InChI=1S/C23H18Br2N2O5S/c1-3-31-22(29)13(2)27-21(28)19(33-23(27)30)10-14-8-17(24)20(18(25)9-14)32-12-16-7-5-4-6-15(16)11-26/h4-10,13H,3,12H2,1-2H3/b19-10+/t13-/m0/s1. The van der Waals surface area contributed by atoms with Gasteiger partial charge in [0.25, 0.3) is 11.1 Å². The number of benzene rings is 2. The lowest BCUT2D eigenvalue weighted by Crippen LogP contribution is -2.42. The Morgan fingerprint density at radius 3 is 2.55 bits per heavy atom. The molecule has 0 spiro atoms. The van der Waals surface area contributed by atoms with Crippen LogP contribution in [0.2, 0.25) is 0 Å². The smallest absolute Gasteiger partial charge is 0.329 e. The number of carbonyl (C=O) groups is 3. The van der Waals surface area contributed by atoms with E-state index in [0.29, 0.717) is 25.8 Å². The SMILES string of the molecule is CCOC(=O)[C@H](C)N1C(=O)S/C(=C/c2cc(Br)c(OCc3ccccc3C#N)c(Br)c2)C1=O. The Labute approximate surface area is 212 Å². The summed E-state index contributed by atoms with van der Waals surface area (Å²) in [5, 5.41) is 8.71. The first-order valence-electron chi connectivity index (χ1n) is 9.80. The molecule has 2 aromatic rings. The van der Waals surface area contributed by atoms with Gasteiger partial charge in [-0.2, -0.15) is 5.26 Å². The molecule has 1 aliphatic rings. The van der Waals surface area contributed by atoms with E-state index in [-0.39, 0.29) is 18.1 Å². The molecule has 1 atom stereocenters. The summed E-state index contributed by atoms with van der Waals surface area (Å²) in [7, 11) is 0. The molecule has 33 heavy (non-hydrogen) atoms. The van der Waals surface area contributed by atoms with Crippen LogP contribution < -0.4 is 4.74 Å². The zero-order valence-corrected chi connectivity index (χ0v) is 21.6. The molecule has 0 aliphatic carbocycles. The number of esters is 1. The molecule has 0 N–H and O–H groups in total. The summed E-state index contributed by atoms with van der Waals surface area (Å²) < 4.78 is 12.1. The fraction of sp³-hybridized carbons (Fsp3) is 0.217. The van der Waals surface area contributed by atoms with Crippen molar-refractivity contribution in [1.82, 2.24) is 4.90 Å². The maximum Gasteiger partial charge on any atom is 0.329 e. The van der Waals surface area contributed by atoms with Gasteiger partial charge >= 0.3 is 5.97 Å². The van der Waals surface area contributed by atoms with Gasteiger partial charge in [0.05, 0.1) is 32.1 Å². The van der Waals surface area contributed by atoms with Gasteiger partial charge in [-0.05, 0) is 87.3 Å². The van der Waals surface area contributed by atoms with Crippen molar-refractivity contribution in [1.29, 1.82) is 5.26 Å². The van der Waals surface area contributed by atoms with Gasteiger partial charge in [0, 0.05) is 5.56 Å². The van der Waals surface area contributed by atoms with Gasteiger partial charge in [0.2, 0.25) is 0 Å². The van der Waals surface area contributed by atoms with Crippen LogP contribution in [0.15, 0.2) is 50.2 Å². The highest BCUT2D eigenvalue weighted by Gasteiger charge is 2.41. The van der Waals surface area contributed by atoms with Crippen molar-refractivity contribution in [3.63, 3.8) is 0 Å². The van der Waals surface area contributed by atoms with Gasteiger partial charge in [-0.15, -0.1) is 0 Å². The van der Waals surface area contributed by atoms with Gasteiger partial charge in [-0.1, -0.05) is 18.2 Å². The molecule has 7 nitrogen and oxygen atoms in total. The monoisotopic (exact) mass is 592 g/mol. The Morgan fingerprint density at radius 2 is 1.91 bits per heavy atom. The number of amides is 2. The van der Waals surface area contributed by atoms with Crippen LogP contribution in [0.3, 0.4) is 0 Å². The van der Waals surface area contributed by atoms with Crippen LogP contribution in [0.4, 0.5) is 4.79 Å². The number of nitriles is 1. The van der Waals surface area contributed by atoms with Crippen molar-refractivity contribution in [3.8, 4) is 11.8 Å². The quantitative estimate of drug-likeness (QED) is 0.302. The fourth-order valence-corrected chi connectivity index (χ4v) is 5.40. The predicted molar refractivity (Wildman–Crippen MR) is 131 cm³/mol. The molecule has 1 heterocycles. The molecule has 170 valence electrons. The second-order valence-electron chi connectivity index (χ2n) is 6.85. The second-order valence-corrected chi connectivity index (χ2v) is 9.55. The lowest BCUT2D eigenvalue weighted by Gasteiger charge is -2.19. The van der Waals surface area contributed by atoms with E-state index in [0.717, 1.165) is 22.2 Å². The topological polar surface area (TPSA) is 96.7 Å². The maximum absolute atomic E-state index is 12.8. The van der Waals surface area contributed by atoms with Crippen molar-refractivity contribution in [2.45, 2.75) is 26.5 Å². The van der Waals surface area contributed by atoms with Crippen LogP contribution in [-0.4, -0.2) is 34.7 Å². The van der Waals surface area contributed by atoms with Crippen molar-refractivity contribution in [3.05, 3.63) is 66.9 Å². The highest BCUT2D eigenvalue weighted by Crippen LogP contribution is 2.38. The fourth-order valence-electron chi connectivity index (χ4n) is 3.04. The Bertz CT molecular complexity index is 1170. The Balaban J connectivity index is 1.80. The van der Waals surface area contributed by atoms with E-state index >= 15 is 0 Å². The second kappa shape index (κ2) is 11.0. The first-order valence-corrected chi connectivity index (χ1v) is 12.2. The number of thioether (sulfide) groups is 1. The molecule has 0 saturated carbocycles. The summed E-state index contributed by atoms with van der Waals surface area (Å²) >= 11 is 7.72. The average Bonchev–Trinajstić information content (AvgIpc) is 3.05. The van der Waals surface area contributed by atoms with Crippen LogP contribution in [-0.2, 0) is 20.9 Å². The van der Waals surface area contributed by atoms with Crippen molar-refractivity contribution in [2.24, 2.45) is 0 Å². The zero-order valence-electron chi connectivity index (χ0n) is 17.6. The number of imide groups is 1. The third-order valence-corrected chi connectivity index (χ3v) is 6.73.